The summed E-state index contributed by atoms with van der Waals surface area (Å²) in [5.41, 5.74) is 16.9. The summed E-state index contributed by atoms with van der Waals surface area (Å²) in [5.74, 6) is 0. The first-order valence-corrected chi connectivity index (χ1v) is 21.7. The van der Waals surface area contributed by atoms with Crippen LogP contribution in [0.1, 0.15) is 25.0 Å². The van der Waals surface area contributed by atoms with Crippen molar-refractivity contribution in [2.45, 2.75) is 19.3 Å². The van der Waals surface area contributed by atoms with Gasteiger partial charge >= 0.3 is 0 Å². The second-order valence-corrected chi connectivity index (χ2v) is 17.5. The van der Waals surface area contributed by atoms with Crippen LogP contribution < -0.4 is 0 Å². The Morgan fingerprint density at radius 1 is 0.306 bits per heavy atom. The zero-order valence-corrected chi connectivity index (χ0v) is 34.5. The zero-order chi connectivity index (χ0) is 41.1. The van der Waals surface area contributed by atoms with Crippen LogP contribution in [0.2, 0.25) is 0 Å². The number of furan rings is 1. The minimum Gasteiger partial charge on any atom is -0.455 e. The highest BCUT2D eigenvalue weighted by molar-refractivity contribution is 6.23. The van der Waals surface area contributed by atoms with Gasteiger partial charge in [0.1, 0.15) is 11.2 Å². The zero-order valence-electron chi connectivity index (χ0n) is 34.5. The molecule has 0 saturated carbocycles. The predicted molar refractivity (Wildman–Crippen MR) is 263 cm³/mol. The molecule has 0 spiro atoms. The molecule has 0 atom stereocenters. The van der Waals surface area contributed by atoms with Gasteiger partial charge in [0.25, 0.3) is 0 Å². The number of para-hydroxylation sites is 2. The summed E-state index contributed by atoms with van der Waals surface area (Å²) >= 11 is 0. The third-order valence-corrected chi connectivity index (χ3v) is 13.8. The predicted octanol–water partition coefficient (Wildman–Crippen LogP) is 17.2. The van der Waals surface area contributed by atoms with Crippen LogP contribution >= 0.6 is 0 Å². The van der Waals surface area contributed by atoms with E-state index in [1.165, 1.54) is 98.7 Å². The third-order valence-electron chi connectivity index (χ3n) is 13.8. The average Bonchev–Trinajstić information content (AvgIpc) is 3.83. The van der Waals surface area contributed by atoms with E-state index in [1.54, 1.807) is 0 Å². The van der Waals surface area contributed by atoms with Crippen molar-refractivity contribution in [1.82, 2.24) is 0 Å². The Labute approximate surface area is 360 Å². The normalized spacial score (nSPS) is 13.1. The first kappa shape index (κ1) is 35.1. The monoisotopic (exact) mass is 788 g/mol. The summed E-state index contributed by atoms with van der Waals surface area (Å²) < 4.78 is 6.60. The molecule has 1 aromatic heterocycles. The molecule has 1 nitrogen and oxygen atoms in total. The Kier molecular flexibility index (Phi) is 7.42. The van der Waals surface area contributed by atoms with Crippen LogP contribution in [0.25, 0.3) is 121 Å². The number of rotatable bonds is 4. The van der Waals surface area contributed by atoms with Gasteiger partial charge in [0.05, 0.1) is 0 Å². The Hall–Kier alpha value is -7.74. The molecule has 11 aromatic carbocycles. The molecule has 62 heavy (non-hydrogen) atoms. The summed E-state index contributed by atoms with van der Waals surface area (Å²) in [6.45, 7) is 4.79. The van der Waals surface area contributed by atoms with Crippen molar-refractivity contribution in [1.29, 1.82) is 0 Å². The lowest BCUT2D eigenvalue weighted by Gasteiger charge is -2.24. The SMILES string of the molecule is CC1(C)c2ccc(-c3ccc(-c4c5ccccc5c(-c5ccccc5-c5cccc6c5oc5ccccc56)c5ccccc45)cc3)cc2-c2c1c1ccccc1c1ccccc21. The van der Waals surface area contributed by atoms with Crippen molar-refractivity contribution >= 4 is 65.0 Å². The maximum Gasteiger partial charge on any atom is 0.143 e. The largest absolute Gasteiger partial charge is 0.455 e. The van der Waals surface area contributed by atoms with E-state index in [-0.39, 0.29) is 5.41 Å². The Bertz CT molecular complexity index is 3770. The fourth-order valence-corrected chi connectivity index (χ4v) is 11.1. The van der Waals surface area contributed by atoms with E-state index in [2.05, 4.69) is 214 Å². The summed E-state index contributed by atoms with van der Waals surface area (Å²) in [7, 11) is 0. The molecule has 0 radical (unpaired) electrons. The first-order chi connectivity index (χ1) is 30.5. The van der Waals surface area contributed by atoms with Gasteiger partial charge in [0.2, 0.25) is 0 Å². The van der Waals surface area contributed by atoms with Crippen molar-refractivity contribution in [3.8, 4) is 55.6 Å². The van der Waals surface area contributed by atoms with Gasteiger partial charge in [-0.2, -0.15) is 0 Å². The minimum atomic E-state index is -0.119. The molecule has 0 fully saturated rings. The minimum absolute atomic E-state index is 0.119. The highest BCUT2D eigenvalue weighted by atomic mass is 16.3. The molecule has 0 aliphatic heterocycles. The second kappa shape index (κ2) is 13.1. The van der Waals surface area contributed by atoms with Gasteiger partial charge in [-0.25, -0.2) is 0 Å². The second-order valence-electron chi connectivity index (χ2n) is 17.5. The van der Waals surface area contributed by atoms with Crippen molar-refractivity contribution in [3.63, 3.8) is 0 Å². The molecule has 0 saturated heterocycles. The fourth-order valence-electron chi connectivity index (χ4n) is 11.1. The Balaban J connectivity index is 0.967. The Morgan fingerprint density at radius 3 is 1.45 bits per heavy atom. The van der Waals surface area contributed by atoms with Crippen molar-refractivity contribution < 1.29 is 4.42 Å². The van der Waals surface area contributed by atoms with Gasteiger partial charge in [-0.1, -0.05) is 208 Å². The first-order valence-electron chi connectivity index (χ1n) is 21.7. The van der Waals surface area contributed by atoms with Crippen LogP contribution in [0, 0.1) is 0 Å². The molecule has 13 rings (SSSR count). The topological polar surface area (TPSA) is 13.1 Å². The molecule has 1 aliphatic carbocycles. The molecule has 12 aromatic rings. The van der Waals surface area contributed by atoms with Crippen LogP contribution in [-0.4, -0.2) is 0 Å². The quantitative estimate of drug-likeness (QED) is 0.128. The average molecular weight is 789 g/mol. The van der Waals surface area contributed by atoms with Gasteiger partial charge in [-0.15, -0.1) is 0 Å². The van der Waals surface area contributed by atoms with Crippen molar-refractivity contribution in [3.05, 3.63) is 217 Å². The number of hydrogen-bond acceptors (Lipinski definition) is 1. The molecule has 0 N–H and O–H groups in total. The van der Waals surface area contributed by atoms with Gasteiger partial charge in [-0.3, -0.25) is 0 Å². The summed E-state index contributed by atoms with van der Waals surface area (Å²) in [6.07, 6.45) is 0. The third kappa shape index (κ3) is 4.91. The van der Waals surface area contributed by atoms with Crippen LogP contribution in [0.5, 0.6) is 0 Å². The lowest BCUT2D eigenvalue weighted by Crippen LogP contribution is -2.15. The van der Waals surface area contributed by atoms with E-state index in [0.717, 1.165) is 33.1 Å². The molecular weight excluding hydrogens is 749 g/mol. The molecule has 1 heteroatoms. The Morgan fingerprint density at radius 2 is 0.774 bits per heavy atom. The fraction of sp³-hybridized carbons (Fsp3) is 0.0492. The maximum atomic E-state index is 6.60. The summed E-state index contributed by atoms with van der Waals surface area (Å²) in [5, 5.41) is 12.5. The highest BCUT2D eigenvalue weighted by Crippen LogP contribution is 2.55. The summed E-state index contributed by atoms with van der Waals surface area (Å²) in [4.78, 5) is 0. The van der Waals surface area contributed by atoms with Gasteiger partial charge in [-0.05, 0) is 116 Å². The number of hydrogen-bond donors (Lipinski definition) is 0. The molecule has 1 aliphatic rings. The molecule has 0 amide bonds. The van der Waals surface area contributed by atoms with E-state index in [4.69, 9.17) is 4.42 Å². The lowest BCUT2D eigenvalue weighted by atomic mass is 9.79. The van der Waals surface area contributed by atoms with Gasteiger partial charge in [0.15, 0.2) is 0 Å². The highest BCUT2D eigenvalue weighted by Gasteiger charge is 2.38. The van der Waals surface area contributed by atoms with Gasteiger partial charge < -0.3 is 4.42 Å². The standard InChI is InChI=1S/C61H40O/c1-61(2)54-35-34-39(36-53(54)58-45-21-7-3-16-40(45)41-17-5-12-26-50(41)59(58)61)37-30-32-38(33-31-37)56-46-22-8-10-24-48(46)57(49-25-11-9-23-47(49)56)44-20-6-4-18-42(44)51-27-15-28-52-43-19-13-14-29-55(43)62-60(51)52/h3-36H,1-2H3. The molecule has 0 bridgehead atoms. The molecule has 0 unspecified atom stereocenters. The van der Waals surface area contributed by atoms with E-state index >= 15 is 0 Å². The molecular formula is C61H40O. The lowest BCUT2D eigenvalue weighted by molar-refractivity contribution is 0.666. The number of fused-ring (bicyclic) bond motifs is 13. The molecule has 1 heterocycles. The number of benzene rings is 11. The van der Waals surface area contributed by atoms with Crippen molar-refractivity contribution in [2.24, 2.45) is 0 Å². The van der Waals surface area contributed by atoms with Gasteiger partial charge in [0, 0.05) is 21.8 Å². The maximum absolute atomic E-state index is 6.60. The van der Waals surface area contributed by atoms with E-state index < -0.39 is 0 Å². The van der Waals surface area contributed by atoms with Crippen LogP contribution in [-0.2, 0) is 5.41 Å². The summed E-state index contributed by atoms with van der Waals surface area (Å²) in [6, 6.07) is 76.0. The van der Waals surface area contributed by atoms with E-state index in [9.17, 15) is 0 Å². The van der Waals surface area contributed by atoms with E-state index in [1.807, 2.05) is 6.07 Å². The van der Waals surface area contributed by atoms with Crippen LogP contribution in [0.3, 0.4) is 0 Å². The van der Waals surface area contributed by atoms with Crippen molar-refractivity contribution in [2.75, 3.05) is 0 Å². The molecule has 290 valence electrons. The van der Waals surface area contributed by atoms with E-state index in [0.29, 0.717) is 0 Å². The van der Waals surface area contributed by atoms with Crippen LogP contribution in [0.4, 0.5) is 0 Å². The van der Waals surface area contributed by atoms with Crippen LogP contribution in [0.15, 0.2) is 211 Å². The smallest absolute Gasteiger partial charge is 0.143 e.